The van der Waals surface area contributed by atoms with Crippen molar-refractivity contribution in [1.29, 1.82) is 0 Å². The van der Waals surface area contributed by atoms with Crippen LogP contribution in [0.25, 0.3) is 0 Å². The molecule has 0 unspecified atom stereocenters. The van der Waals surface area contributed by atoms with Crippen LogP contribution in [-0.4, -0.2) is 22.2 Å². The van der Waals surface area contributed by atoms with Crippen LogP contribution in [0.3, 0.4) is 0 Å². The summed E-state index contributed by atoms with van der Waals surface area (Å²) in [5.41, 5.74) is 0.176. The van der Waals surface area contributed by atoms with E-state index >= 15 is 0 Å². The lowest BCUT2D eigenvalue weighted by molar-refractivity contribution is -0.133. The number of hydrogen-bond acceptors (Lipinski definition) is 2. The first-order valence-corrected chi connectivity index (χ1v) is 2.66. The lowest BCUT2D eigenvalue weighted by Crippen LogP contribution is -1.92. The minimum absolute atomic E-state index is 0. The monoisotopic (exact) mass is 171 g/mol. The van der Waals surface area contributed by atoms with Gasteiger partial charge >= 0.3 is 11.9 Å². The van der Waals surface area contributed by atoms with Crippen molar-refractivity contribution in [3.63, 3.8) is 0 Å². The van der Waals surface area contributed by atoms with Gasteiger partial charge in [-0.25, -0.2) is 9.59 Å². The van der Waals surface area contributed by atoms with E-state index in [1.54, 1.807) is 0 Å². The Balaban J connectivity index is -0.000000126. The first-order chi connectivity index (χ1) is 4.91. The van der Waals surface area contributed by atoms with Crippen LogP contribution >= 0.6 is 0 Å². The van der Waals surface area contributed by atoms with E-state index in [-0.39, 0.29) is 13.0 Å². The Bertz CT molecular complexity index is 169. The molecule has 0 aromatic heterocycles. The molecule has 0 aliphatic carbocycles. The molecular formula is C8H11O4. The molecule has 0 rings (SSSR count). The summed E-state index contributed by atoms with van der Waals surface area (Å²) in [7, 11) is 0. The summed E-state index contributed by atoms with van der Waals surface area (Å²) in [6.07, 6.45) is 0.833. The number of hydrogen-bond donors (Lipinski definition) is 2. The molecule has 0 bridgehead atoms. The molecule has 0 saturated carbocycles. The van der Waals surface area contributed by atoms with Gasteiger partial charge in [-0.2, -0.15) is 0 Å². The van der Waals surface area contributed by atoms with Crippen LogP contribution in [0, 0.1) is 7.43 Å². The summed E-state index contributed by atoms with van der Waals surface area (Å²) < 4.78 is 0. The molecule has 0 aliphatic rings. The van der Waals surface area contributed by atoms with Gasteiger partial charge in [0.05, 0.1) is 0 Å². The van der Waals surface area contributed by atoms with Gasteiger partial charge in [-0.15, -0.1) is 0 Å². The Morgan fingerprint density at radius 3 is 1.50 bits per heavy atom. The first-order valence-electron chi connectivity index (χ1n) is 2.66. The molecule has 0 atom stereocenters. The molecule has 0 aliphatic heterocycles. The second-order valence-corrected chi connectivity index (χ2v) is 1.63. The van der Waals surface area contributed by atoms with Crippen molar-refractivity contribution in [2.45, 2.75) is 6.92 Å². The maximum atomic E-state index is 9.60. The van der Waals surface area contributed by atoms with E-state index < -0.39 is 11.9 Å². The number of carbonyl (C=O) groups is 2. The fraction of sp³-hybridized carbons (Fsp3) is 0.125. The van der Waals surface area contributed by atoms with Crippen molar-refractivity contribution in [2.75, 3.05) is 0 Å². The van der Waals surface area contributed by atoms with Crippen LogP contribution in [0.5, 0.6) is 0 Å². The Morgan fingerprint density at radius 2 is 1.50 bits per heavy atom. The topological polar surface area (TPSA) is 74.6 Å². The summed E-state index contributed by atoms with van der Waals surface area (Å²) in [6.45, 7) is 7.56. The maximum absolute atomic E-state index is 9.60. The summed E-state index contributed by atoms with van der Waals surface area (Å²) in [5, 5.41) is 15.5. The van der Waals surface area contributed by atoms with E-state index in [1.807, 2.05) is 0 Å². The van der Waals surface area contributed by atoms with E-state index in [9.17, 15) is 9.59 Å². The molecule has 0 aromatic rings. The minimum Gasteiger partial charge on any atom is -0.478 e. The molecule has 12 heavy (non-hydrogen) atoms. The molecule has 4 heteroatoms. The Kier molecular flexibility index (Phi) is 13.2. The lowest BCUT2D eigenvalue weighted by atomic mass is 10.4. The molecule has 0 amide bonds. The maximum Gasteiger partial charge on any atom is 0.330 e. The minimum atomic E-state index is -0.981. The van der Waals surface area contributed by atoms with E-state index in [0.29, 0.717) is 0 Å². The zero-order valence-electron chi connectivity index (χ0n) is 6.78. The predicted octanol–water partition coefficient (Wildman–Crippen LogP) is 1.11. The van der Waals surface area contributed by atoms with Gasteiger partial charge in [0.15, 0.2) is 0 Å². The molecule has 2 N–H and O–H groups in total. The Hall–Kier alpha value is -1.58. The van der Waals surface area contributed by atoms with Crippen molar-refractivity contribution in [1.82, 2.24) is 0 Å². The largest absolute Gasteiger partial charge is 0.478 e. The van der Waals surface area contributed by atoms with E-state index in [1.165, 1.54) is 6.92 Å². The van der Waals surface area contributed by atoms with Crippen LogP contribution < -0.4 is 0 Å². The van der Waals surface area contributed by atoms with E-state index in [2.05, 4.69) is 13.2 Å². The van der Waals surface area contributed by atoms with Gasteiger partial charge < -0.3 is 10.2 Å². The van der Waals surface area contributed by atoms with E-state index in [0.717, 1.165) is 6.08 Å². The molecule has 0 fully saturated rings. The highest BCUT2D eigenvalue weighted by Gasteiger charge is 1.90. The molecule has 4 nitrogen and oxygen atoms in total. The van der Waals surface area contributed by atoms with Crippen molar-refractivity contribution < 1.29 is 19.8 Å². The highest BCUT2D eigenvalue weighted by atomic mass is 16.4. The number of aliphatic carboxylic acids is 2. The van der Waals surface area contributed by atoms with Gasteiger partial charge in [0, 0.05) is 11.6 Å². The lowest BCUT2D eigenvalue weighted by Gasteiger charge is -1.79. The summed E-state index contributed by atoms with van der Waals surface area (Å²) in [5.74, 6) is -1.92. The van der Waals surface area contributed by atoms with Crippen molar-refractivity contribution >= 4 is 11.9 Å². The summed E-state index contributed by atoms with van der Waals surface area (Å²) in [6, 6.07) is 0. The third-order valence-electron chi connectivity index (χ3n) is 0.540. The third-order valence-corrected chi connectivity index (χ3v) is 0.540. The molecule has 0 heterocycles. The van der Waals surface area contributed by atoms with Crippen molar-refractivity contribution in [3.05, 3.63) is 32.2 Å². The number of carboxylic acids is 2. The molecule has 0 aromatic carbocycles. The van der Waals surface area contributed by atoms with Crippen molar-refractivity contribution in [3.8, 4) is 0 Å². The average Bonchev–Trinajstić information content (AvgIpc) is 1.89. The fourth-order valence-corrected chi connectivity index (χ4v) is 0. The highest BCUT2D eigenvalue weighted by Crippen LogP contribution is 1.81. The van der Waals surface area contributed by atoms with Gasteiger partial charge in [0.25, 0.3) is 0 Å². The van der Waals surface area contributed by atoms with Gasteiger partial charge in [0.1, 0.15) is 0 Å². The molecular weight excluding hydrogens is 160 g/mol. The van der Waals surface area contributed by atoms with Gasteiger partial charge in [-0.05, 0) is 14.4 Å². The van der Waals surface area contributed by atoms with Gasteiger partial charge in [-0.1, -0.05) is 13.2 Å². The molecule has 67 valence electrons. The summed E-state index contributed by atoms with van der Waals surface area (Å²) >= 11 is 0. The van der Waals surface area contributed by atoms with Crippen LogP contribution in [0.15, 0.2) is 24.8 Å². The predicted molar refractivity (Wildman–Crippen MR) is 44.6 cm³/mol. The fourth-order valence-electron chi connectivity index (χ4n) is 0. The summed E-state index contributed by atoms with van der Waals surface area (Å²) in [4.78, 5) is 18.8. The van der Waals surface area contributed by atoms with Crippen LogP contribution in [0.1, 0.15) is 6.92 Å². The zero-order chi connectivity index (χ0) is 9.44. The highest BCUT2D eigenvalue weighted by molar-refractivity contribution is 5.84. The van der Waals surface area contributed by atoms with Crippen LogP contribution in [-0.2, 0) is 9.59 Å². The SMILES string of the molecule is C=C(C)C(=O)O.C=CC(=O)O.[CH]. The quantitative estimate of drug-likeness (QED) is 0.610. The normalized spacial score (nSPS) is 6.42. The second kappa shape index (κ2) is 9.42. The molecule has 3 radical (unpaired) electrons. The number of carboxylic acid groups (broad SMARTS) is 2. The Labute approximate surface area is 71.8 Å². The standard InChI is InChI=1S/C4H6O2.C3H4O2.CH/c1-3(2)4(5)6;1-2-3(4)5;/h1H2,2H3,(H,5,6);2H,1H2,(H,4,5);1H. The van der Waals surface area contributed by atoms with Crippen LogP contribution in [0.4, 0.5) is 0 Å². The van der Waals surface area contributed by atoms with Gasteiger partial charge in [0.2, 0.25) is 0 Å². The first kappa shape index (κ1) is 16.8. The van der Waals surface area contributed by atoms with Gasteiger partial charge in [-0.3, -0.25) is 0 Å². The second-order valence-electron chi connectivity index (χ2n) is 1.63. The smallest absolute Gasteiger partial charge is 0.330 e. The van der Waals surface area contributed by atoms with E-state index in [4.69, 9.17) is 10.2 Å². The molecule has 0 saturated heterocycles. The zero-order valence-corrected chi connectivity index (χ0v) is 6.78. The third kappa shape index (κ3) is 23.7. The number of rotatable bonds is 2. The Morgan fingerprint density at radius 1 is 1.33 bits per heavy atom. The van der Waals surface area contributed by atoms with Crippen molar-refractivity contribution in [2.24, 2.45) is 0 Å². The average molecular weight is 171 g/mol. The molecule has 0 spiro atoms. The van der Waals surface area contributed by atoms with Crippen LogP contribution in [0.2, 0.25) is 0 Å².